The summed E-state index contributed by atoms with van der Waals surface area (Å²) < 4.78 is 26.1. The lowest BCUT2D eigenvalue weighted by atomic mass is 10.1. The Morgan fingerprint density at radius 2 is 1.83 bits per heavy atom. The third-order valence-electron chi connectivity index (χ3n) is 5.07. The highest BCUT2D eigenvalue weighted by Crippen LogP contribution is 2.33. The average molecular weight is 511 g/mol. The van der Waals surface area contributed by atoms with E-state index in [0.717, 1.165) is 16.5 Å². The molecule has 0 bridgehead atoms. The molecular formula is C25H22N2O8S. The number of amides is 1. The summed E-state index contributed by atoms with van der Waals surface area (Å²) in [5, 5.41) is 5.49. The van der Waals surface area contributed by atoms with Crippen molar-refractivity contribution in [3.05, 3.63) is 63.8 Å². The van der Waals surface area contributed by atoms with Crippen molar-refractivity contribution in [1.29, 1.82) is 0 Å². The van der Waals surface area contributed by atoms with Gasteiger partial charge in [-0.2, -0.15) is 0 Å². The van der Waals surface area contributed by atoms with Gasteiger partial charge < -0.3 is 23.4 Å². The van der Waals surface area contributed by atoms with Crippen LogP contribution in [0.4, 0.5) is 5.13 Å². The first-order chi connectivity index (χ1) is 17.4. The summed E-state index contributed by atoms with van der Waals surface area (Å²) in [7, 11) is 3.10. The number of aryl methyl sites for hydroxylation is 1. The zero-order valence-electron chi connectivity index (χ0n) is 19.7. The molecule has 0 saturated carbocycles. The Kier molecular flexibility index (Phi) is 7.50. The molecule has 0 aliphatic heterocycles. The molecule has 4 aromatic rings. The molecule has 2 aromatic carbocycles. The van der Waals surface area contributed by atoms with Crippen LogP contribution in [-0.2, 0) is 14.3 Å². The number of methoxy groups -OCH3 is 2. The maximum absolute atomic E-state index is 12.2. The number of hydrogen-bond acceptors (Lipinski definition) is 10. The quantitative estimate of drug-likeness (QED) is 0.264. The number of ether oxygens (including phenoxy) is 4. The van der Waals surface area contributed by atoms with Crippen molar-refractivity contribution >= 4 is 39.3 Å². The summed E-state index contributed by atoms with van der Waals surface area (Å²) in [5.41, 5.74) is 2.08. The van der Waals surface area contributed by atoms with Gasteiger partial charge in [-0.3, -0.25) is 10.1 Å². The fourth-order valence-electron chi connectivity index (χ4n) is 3.34. The number of carbonyl (C=O) groups is 2. The van der Waals surface area contributed by atoms with Gasteiger partial charge in [0.2, 0.25) is 0 Å². The van der Waals surface area contributed by atoms with Crippen molar-refractivity contribution < 1.29 is 33.0 Å². The van der Waals surface area contributed by atoms with Crippen molar-refractivity contribution in [1.82, 2.24) is 4.98 Å². The minimum absolute atomic E-state index is 0.322. The van der Waals surface area contributed by atoms with Gasteiger partial charge in [0, 0.05) is 28.5 Å². The molecule has 36 heavy (non-hydrogen) atoms. The number of carbonyl (C=O) groups excluding carboxylic acids is 2. The highest BCUT2D eigenvalue weighted by Gasteiger charge is 2.13. The van der Waals surface area contributed by atoms with Gasteiger partial charge in [-0.15, -0.1) is 11.3 Å². The SMILES string of the molecule is COc1ccc(-c2csc(NC(=O)COC(=O)COc3ccc4c(C)cc(=O)oc4c3)n2)cc1OC. The van der Waals surface area contributed by atoms with Crippen molar-refractivity contribution in [2.24, 2.45) is 0 Å². The van der Waals surface area contributed by atoms with Crippen molar-refractivity contribution in [2.75, 3.05) is 32.8 Å². The molecule has 0 aliphatic rings. The van der Waals surface area contributed by atoms with Gasteiger partial charge in [0.25, 0.3) is 5.91 Å². The number of esters is 1. The van der Waals surface area contributed by atoms with Crippen LogP contribution in [0.1, 0.15) is 5.56 Å². The fourth-order valence-corrected chi connectivity index (χ4v) is 4.08. The predicted molar refractivity (Wildman–Crippen MR) is 133 cm³/mol. The topological polar surface area (TPSA) is 126 Å². The number of rotatable bonds is 9. The van der Waals surface area contributed by atoms with Gasteiger partial charge in [-0.1, -0.05) is 0 Å². The molecule has 2 aromatic heterocycles. The minimum atomic E-state index is -0.735. The number of anilines is 1. The largest absolute Gasteiger partial charge is 0.493 e. The predicted octanol–water partition coefficient (Wildman–Crippen LogP) is 3.80. The molecule has 2 heterocycles. The molecule has 4 rings (SSSR count). The highest BCUT2D eigenvalue weighted by atomic mass is 32.1. The lowest BCUT2D eigenvalue weighted by molar-refractivity contribution is -0.149. The molecule has 0 unspecified atom stereocenters. The Hall–Kier alpha value is -4.38. The van der Waals surface area contributed by atoms with Crippen LogP contribution in [0.3, 0.4) is 0 Å². The van der Waals surface area contributed by atoms with Crippen LogP contribution < -0.4 is 25.2 Å². The van der Waals surface area contributed by atoms with Crippen molar-refractivity contribution in [2.45, 2.75) is 6.92 Å². The van der Waals surface area contributed by atoms with Crippen LogP contribution in [0.15, 0.2) is 57.1 Å². The second-order valence-corrected chi connectivity index (χ2v) is 8.37. The Morgan fingerprint density at radius 1 is 1.03 bits per heavy atom. The lowest BCUT2D eigenvalue weighted by Crippen LogP contribution is -2.23. The lowest BCUT2D eigenvalue weighted by Gasteiger charge is -2.08. The Morgan fingerprint density at radius 3 is 2.61 bits per heavy atom. The van der Waals surface area contributed by atoms with Crippen LogP contribution in [0.25, 0.3) is 22.2 Å². The van der Waals surface area contributed by atoms with E-state index in [1.807, 2.05) is 6.07 Å². The second kappa shape index (κ2) is 10.9. The normalized spacial score (nSPS) is 10.6. The fraction of sp³-hybridized carbons (Fsp3) is 0.200. The Labute approximate surface area is 209 Å². The smallest absolute Gasteiger partial charge is 0.344 e. The first kappa shape index (κ1) is 24.7. The second-order valence-electron chi connectivity index (χ2n) is 7.51. The highest BCUT2D eigenvalue weighted by molar-refractivity contribution is 7.14. The van der Waals surface area contributed by atoms with E-state index in [4.69, 9.17) is 23.4 Å². The third-order valence-corrected chi connectivity index (χ3v) is 5.83. The molecule has 11 heteroatoms. The van der Waals surface area contributed by atoms with Gasteiger partial charge in [0.1, 0.15) is 11.3 Å². The standard InChI is InChI=1S/C25H22N2O8S/c1-14-8-23(29)35-20-10-16(5-6-17(14)20)33-12-24(30)34-11-22(28)27-25-26-18(13-36-25)15-4-7-19(31-2)21(9-15)32-3/h4-10,13H,11-12H2,1-3H3,(H,26,27,28). The summed E-state index contributed by atoms with van der Waals surface area (Å²) in [6, 6.07) is 11.7. The average Bonchev–Trinajstić information content (AvgIpc) is 3.33. The number of hydrogen-bond donors (Lipinski definition) is 1. The van der Waals surface area contributed by atoms with Gasteiger partial charge in [0.15, 0.2) is 29.8 Å². The van der Waals surface area contributed by atoms with Crippen LogP contribution in [0.5, 0.6) is 17.2 Å². The van der Waals surface area contributed by atoms with E-state index in [1.54, 1.807) is 50.8 Å². The first-order valence-corrected chi connectivity index (χ1v) is 11.5. The third kappa shape index (κ3) is 5.81. The molecule has 1 amide bonds. The summed E-state index contributed by atoms with van der Waals surface area (Å²) in [4.78, 5) is 40.1. The molecule has 0 radical (unpaired) electrons. The Balaban J connectivity index is 1.28. The number of nitrogens with one attached hydrogen (secondary N) is 1. The van der Waals surface area contributed by atoms with E-state index < -0.39 is 30.7 Å². The van der Waals surface area contributed by atoms with Gasteiger partial charge in [-0.05, 0) is 42.8 Å². The van der Waals surface area contributed by atoms with Crippen LogP contribution >= 0.6 is 11.3 Å². The molecule has 0 fully saturated rings. The maximum Gasteiger partial charge on any atom is 0.344 e. The summed E-state index contributed by atoms with van der Waals surface area (Å²) >= 11 is 1.23. The van der Waals surface area contributed by atoms with Crippen LogP contribution in [0.2, 0.25) is 0 Å². The summed E-state index contributed by atoms with van der Waals surface area (Å²) in [6.07, 6.45) is 0. The van der Waals surface area contributed by atoms with E-state index >= 15 is 0 Å². The van der Waals surface area contributed by atoms with E-state index in [1.165, 1.54) is 23.5 Å². The number of fused-ring (bicyclic) bond motifs is 1. The van der Waals surface area contributed by atoms with E-state index in [0.29, 0.717) is 33.7 Å². The number of benzene rings is 2. The minimum Gasteiger partial charge on any atom is -0.493 e. The summed E-state index contributed by atoms with van der Waals surface area (Å²) in [6.45, 7) is 0.875. The van der Waals surface area contributed by atoms with Gasteiger partial charge >= 0.3 is 11.6 Å². The van der Waals surface area contributed by atoms with Gasteiger partial charge in [0.05, 0.1) is 19.9 Å². The van der Waals surface area contributed by atoms with Crippen LogP contribution in [0, 0.1) is 6.92 Å². The zero-order valence-corrected chi connectivity index (χ0v) is 20.5. The monoisotopic (exact) mass is 510 g/mol. The maximum atomic E-state index is 12.2. The zero-order chi connectivity index (χ0) is 25.7. The van der Waals surface area contributed by atoms with E-state index in [2.05, 4.69) is 10.3 Å². The number of aromatic nitrogens is 1. The summed E-state index contributed by atoms with van der Waals surface area (Å²) in [5.74, 6) is 0.202. The molecule has 0 spiro atoms. The molecule has 10 nitrogen and oxygen atoms in total. The van der Waals surface area contributed by atoms with Crippen molar-refractivity contribution in [3.63, 3.8) is 0 Å². The van der Waals surface area contributed by atoms with Crippen LogP contribution in [-0.4, -0.2) is 44.3 Å². The molecular weight excluding hydrogens is 488 g/mol. The molecule has 0 saturated heterocycles. The molecule has 0 atom stereocenters. The first-order valence-electron chi connectivity index (χ1n) is 10.7. The molecule has 186 valence electrons. The van der Waals surface area contributed by atoms with E-state index in [-0.39, 0.29) is 0 Å². The van der Waals surface area contributed by atoms with Crippen molar-refractivity contribution in [3.8, 4) is 28.5 Å². The van der Waals surface area contributed by atoms with E-state index in [9.17, 15) is 14.4 Å². The number of nitrogens with zero attached hydrogens (tertiary/aromatic N) is 1. The Bertz CT molecular complexity index is 1480. The molecule has 1 N–H and O–H groups in total. The molecule has 0 aliphatic carbocycles. The number of thiazole rings is 1. The van der Waals surface area contributed by atoms with Gasteiger partial charge in [-0.25, -0.2) is 14.6 Å².